The first-order chi connectivity index (χ1) is 4.92. The standard InChI is InChI=1S/C6H7N3S/c1-2-4-5-6(10-9-4)8-3-7-5/h3H,2H2,1H3,(H,7,8). The zero-order chi connectivity index (χ0) is 6.97. The second-order valence-electron chi connectivity index (χ2n) is 2.07. The molecule has 0 unspecified atom stereocenters. The summed E-state index contributed by atoms with van der Waals surface area (Å²) in [4.78, 5) is 8.15. The minimum Gasteiger partial charge on any atom is -0.342 e. The van der Waals surface area contributed by atoms with Crippen molar-refractivity contribution in [1.29, 1.82) is 0 Å². The van der Waals surface area contributed by atoms with Crippen molar-refractivity contribution >= 4 is 21.9 Å². The van der Waals surface area contributed by atoms with Gasteiger partial charge >= 0.3 is 0 Å². The lowest BCUT2D eigenvalue weighted by Crippen LogP contribution is -1.77. The Hall–Kier alpha value is -0.900. The van der Waals surface area contributed by atoms with E-state index in [0.29, 0.717) is 0 Å². The van der Waals surface area contributed by atoms with Crippen molar-refractivity contribution in [3.63, 3.8) is 0 Å². The molecule has 52 valence electrons. The Balaban J connectivity index is 2.76. The van der Waals surface area contributed by atoms with Crippen LogP contribution in [0, 0.1) is 0 Å². The van der Waals surface area contributed by atoms with E-state index >= 15 is 0 Å². The summed E-state index contributed by atoms with van der Waals surface area (Å²) in [7, 11) is 0. The molecule has 0 spiro atoms. The van der Waals surface area contributed by atoms with Gasteiger partial charge in [0.2, 0.25) is 0 Å². The molecule has 0 aliphatic carbocycles. The first-order valence-corrected chi connectivity index (χ1v) is 3.96. The van der Waals surface area contributed by atoms with Crippen LogP contribution < -0.4 is 0 Å². The fraction of sp³-hybridized carbons (Fsp3) is 0.333. The number of nitrogens with one attached hydrogen (secondary N) is 1. The molecular weight excluding hydrogens is 146 g/mol. The van der Waals surface area contributed by atoms with E-state index in [1.54, 1.807) is 6.33 Å². The molecule has 3 nitrogen and oxygen atoms in total. The van der Waals surface area contributed by atoms with Crippen molar-refractivity contribution in [2.75, 3.05) is 0 Å². The quantitative estimate of drug-likeness (QED) is 0.675. The summed E-state index contributed by atoms with van der Waals surface area (Å²) in [6, 6.07) is 0. The second-order valence-corrected chi connectivity index (χ2v) is 2.82. The molecule has 0 aliphatic rings. The van der Waals surface area contributed by atoms with Crippen molar-refractivity contribution in [3.8, 4) is 0 Å². The van der Waals surface area contributed by atoms with Crippen LogP contribution in [0.2, 0.25) is 0 Å². The Kier molecular flexibility index (Phi) is 1.20. The van der Waals surface area contributed by atoms with E-state index < -0.39 is 0 Å². The van der Waals surface area contributed by atoms with Crippen molar-refractivity contribution in [3.05, 3.63) is 12.0 Å². The fourth-order valence-corrected chi connectivity index (χ4v) is 1.73. The van der Waals surface area contributed by atoms with Crippen LogP contribution in [0.1, 0.15) is 12.6 Å². The van der Waals surface area contributed by atoms with E-state index in [1.807, 2.05) is 0 Å². The van der Waals surface area contributed by atoms with Crippen molar-refractivity contribution < 1.29 is 0 Å². The number of rotatable bonds is 1. The Morgan fingerprint density at radius 1 is 1.70 bits per heavy atom. The summed E-state index contributed by atoms with van der Waals surface area (Å²) in [5.74, 6) is 0. The van der Waals surface area contributed by atoms with Crippen molar-refractivity contribution in [1.82, 2.24) is 14.3 Å². The van der Waals surface area contributed by atoms with Crippen molar-refractivity contribution in [2.45, 2.75) is 13.3 Å². The molecule has 0 bridgehead atoms. The lowest BCUT2D eigenvalue weighted by atomic mass is 10.3. The predicted octanol–water partition coefficient (Wildman–Crippen LogP) is 1.58. The second kappa shape index (κ2) is 2.05. The van der Waals surface area contributed by atoms with Crippen LogP contribution in [0.15, 0.2) is 6.33 Å². The highest BCUT2D eigenvalue weighted by Crippen LogP contribution is 2.17. The zero-order valence-electron chi connectivity index (χ0n) is 5.59. The predicted molar refractivity (Wildman–Crippen MR) is 41.1 cm³/mol. The van der Waals surface area contributed by atoms with Crippen LogP contribution in [0.4, 0.5) is 0 Å². The smallest absolute Gasteiger partial charge is 0.161 e. The fourth-order valence-electron chi connectivity index (χ4n) is 0.943. The molecule has 0 aliphatic heterocycles. The van der Waals surface area contributed by atoms with Crippen molar-refractivity contribution in [2.24, 2.45) is 0 Å². The highest BCUT2D eigenvalue weighted by molar-refractivity contribution is 7.12. The van der Waals surface area contributed by atoms with Gasteiger partial charge in [-0.1, -0.05) is 6.92 Å². The third-order valence-electron chi connectivity index (χ3n) is 1.47. The van der Waals surface area contributed by atoms with Crippen LogP contribution in [-0.2, 0) is 6.42 Å². The monoisotopic (exact) mass is 153 g/mol. The molecule has 0 amide bonds. The van der Waals surface area contributed by atoms with E-state index in [-0.39, 0.29) is 0 Å². The minimum absolute atomic E-state index is 0.974. The summed E-state index contributed by atoms with van der Waals surface area (Å²) >= 11 is 1.45. The number of aryl methyl sites for hydroxylation is 1. The molecule has 1 N–H and O–H groups in total. The summed E-state index contributed by atoms with van der Waals surface area (Å²) < 4.78 is 4.22. The van der Waals surface area contributed by atoms with E-state index in [2.05, 4.69) is 21.3 Å². The summed E-state index contributed by atoms with van der Waals surface area (Å²) in [6.07, 6.45) is 2.68. The van der Waals surface area contributed by atoms with Gasteiger partial charge in [-0.3, -0.25) is 0 Å². The van der Waals surface area contributed by atoms with Gasteiger partial charge in [0.05, 0.1) is 12.0 Å². The van der Waals surface area contributed by atoms with E-state index in [0.717, 1.165) is 22.5 Å². The summed E-state index contributed by atoms with van der Waals surface area (Å²) in [5.41, 5.74) is 2.23. The molecule has 0 radical (unpaired) electrons. The summed E-state index contributed by atoms with van der Waals surface area (Å²) in [6.45, 7) is 2.09. The van der Waals surface area contributed by atoms with Gasteiger partial charge in [-0.15, -0.1) is 0 Å². The Morgan fingerprint density at radius 3 is 3.40 bits per heavy atom. The Bertz CT molecular complexity index is 335. The lowest BCUT2D eigenvalue weighted by Gasteiger charge is -1.82. The maximum Gasteiger partial charge on any atom is 0.161 e. The van der Waals surface area contributed by atoms with Gasteiger partial charge in [-0.25, -0.2) is 4.98 Å². The first kappa shape index (κ1) is 5.85. The maximum absolute atomic E-state index is 4.22. The van der Waals surface area contributed by atoms with E-state index in [1.165, 1.54) is 11.5 Å². The number of fused-ring (bicyclic) bond motifs is 1. The SMILES string of the molecule is CCc1nsc2nc[nH]c12. The van der Waals surface area contributed by atoms with Gasteiger partial charge in [0.25, 0.3) is 0 Å². The van der Waals surface area contributed by atoms with Gasteiger partial charge in [0.15, 0.2) is 4.83 Å². The first-order valence-electron chi connectivity index (χ1n) is 3.19. The number of nitrogens with zero attached hydrogens (tertiary/aromatic N) is 2. The normalized spacial score (nSPS) is 10.9. The molecule has 4 heteroatoms. The molecule has 0 aromatic carbocycles. The number of hydrogen-bond donors (Lipinski definition) is 1. The molecule has 0 saturated carbocycles. The molecule has 2 rings (SSSR count). The average molecular weight is 153 g/mol. The van der Waals surface area contributed by atoms with Gasteiger partial charge in [0, 0.05) is 0 Å². The number of H-pyrrole nitrogens is 1. The highest BCUT2D eigenvalue weighted by atomic mass is 32.1. The highest BCUT2D eigenvalue weighted by Gasteiger charge is 2.04. The third-order valence-corrected chi connectivity index (χ3v) is 2.26. The molecule has 2 heterocycles. The number of aromatic amines is 1. The lowest BCUT2D eigenvalue weighted by molar-refractivity contribution is 1.09. The van der Waals surface area contributed by atoms with E-state index in [4.69, 9.17) is 0 Å². The third kappa shape index (κ3) is 0.654. The van der Waals surface area contributed by atoms with E-state index in [9.17, 15) is 0 Å². The zero-order valence-corrected chi connectivity index (χ0v) is 6.40. The van der Waals surface area contributed by atoms with Crippen LogP contribution in [0.5, 0.6) is 0 Å². The van der Waals surface area contributed by atoms with Gasteiger partial charge in [-0.05, 0) is 18.0 Å². The van der Waals surface area contributed by atoms with Crippen LogP contribution in [0.3, 0.4) is 0 Å². The molecule has 0 saturated heterocycles. The number of imidazole rings is 1. The molecule has 2 aromatic rings. The number of aromatic nitrogens is 3. The summed E-state index contributed by atoms with van der Waals surface area (Å²) in [5, 5.41) is 0. The Morgan fingerprint density at radius 2 is 2.60 bits per heavy atom. The average Bonchev–Trinajstić information content (AvgIpc) is 2.44. The number of hydrogen-bond acceptors (Lipinski definition) is 3. The van der Waals surface area contributed by atoms with Gasteiger partial charge in [-0.2, -0.15) is 4.37 Å². The van der Waals surface area contributed by atoms with Crippen LogP contribution >= 0.6 is 11.5 Å². The maximum atomic E-state index is 4.22. The van der Waals surface area contributed by atoms with Crippen LogP contribution in [-0.4, -0.2) is 14.3 Å². The molecular formula is C6H7N3S. The van der Waals surface area contributed by atoms with Gasteiger partial charge in [0.1, 0.15) is 5.52 Å². The molecule has 10 heavy (non-hydrogen) atoms. The topological polar surface area (TPSA) is 41.6 Å². The Labute approximate surface area is 62.3 Å². The molecule has 2 aromatic heterocycles. The molecule has 0 fully saturated rings. The van der Waals surface area contributed by atoms with Crippen LogP contribution in [0.25, 0.3) is 10.3 Å². The largest absolute Gasteiger partial charge is 0.342 e. The molecule has 0 atom stereocenters. The minimum atomic E-state index is 0.974. The van der Waals surface area contributed by atoms with Gasteiger partial charge < -0.3 is 4.98 Å².